The number of benzene rings is 1. The molecule has 0 heterocycles. The second-order valence-electron chi connectivity index (χ2n) is 7.08. The fourth-order valence-electron chi connectivity index (χ4n) is 3.92. The van der Waals surface area contributed by atoms with Gasteiger partial charge in [-0.1, -0.05) is 0 Å². The third-order valence-electron chi connectivity index (χ3n) is 5.58. The van der Waals surface area contributed by atoms with E-state index in [0.717, 1.165) is 12.1 Å². The Morgan fingerprint density at radius 2 is 1.38 bits per heavy atom. The van der Waals surface area contributed by atoms with Crippen molar-refractivity contribution in [1.29, 1.82) is 0 Å². The van der Waals surface area contributed by atoms with Gasteiger partial charge in [0.1, 0.15) is 5.75 Å². The number of fused-ring (bicyclic) bond motifs is 3. The summed E-state index contributed by atoms with van der Waals surface area (Å²) in [5.74, 6) is -0.956. The first kappa shape index (κ1) is 18.8. The number of nitrogens with one attached hydrogen (secondary N) is 1. The summed E-state index contributed by atoms with van der Waals surface area (Å²) in [5, 5.41) is 2.80. The van der Waals surface area contributed by atoms with Crippen molar-refractivity contribution >= 4 is 5.91 Å². The molecule has 3 aliphatic rings. The Bertz CT molecular complexity index is 655. The lowest BCUT2D eigenvalue weighted by Gasteiger charge is -2.53. The molecular weight excluding hydrogens is 364 g/mol. The van der Waals surface area contributed by atoms with Crippen molar-refractivity contribution in [2.24, 2.45) is 5.41 Å². The molecule has 1 aromatic carbocycles. The summed E-state index contributed by atoms with van der Waals surface area (Å²) in [6.07, 6.45) is -8.39. The predicted molar refractivity (Wildman–Crippen MR) is 79.5 cm³/mol. The highest BCUT2D eigenvalue weighted by molar-refractivity contribution is 5.94. The molecular formula is C17H17F6NO2. The monoisotopic (exact) mass is 381 g/mol. The van der Waals surface area contributed by atoms with Crippen molar-refractivity contribution in [2.45, 2.75) is 56.6 Å². The Labute approximate surface area is 145 Å². The second-order valence-corrected chi connectivity index (χ2v) is 7.08. The Kier molecular flexibility index (Phi) is 4.39. The van der Waals surface area contributed by atoms with Crippen LogP contribution in [0.2, 0.25) is 0 Å². The topological polar surface area (TPSA) is 38.3 Å². The fraction of sp³-hybridized carbons (Fsp3) is 0.588. The van der Waals surface area contributed by atoms with Crippen LogP contribution in [0, 0.1) is 5.41 Å². The summed E-state index contributed by atoms with van der Waals surface area (Å²) >= 11 is 0. The molecule has 4 rings (SSSR count). The van der Waals surface area contributed by atoms with Crippen LogP contribution in [0.3, 0.4) is 0 Å². The van der Waals surface area contributed by atoms with Gasteiger partial charge in [0, 0.05) is 11.1 Å². The maximum absolute atomic E-state index is 13.2. The molecule has 0 spiro atoms. The van der Waals surface area contributed by atoms with Crippen LogP contribution in [0.5, 0.6) is 5.75 Å². The largest absolute Gasteiger partial charge is 0.573 e. The van der Waals surface area contributed by atoms with Gasteiger partial charge in [-0.05, 0) is 62.8 Å². The molecule has 1 N–H and O–H groups in total. The standard InChI is InChI=1S/C17H17F6NO2/c18-16(19,20)14-5-8-15(9-6-14,10-7-14)24-13(25)11-1-3-12(4-2-11)26-17(21,22)23/h1-4H,5-10H2,(H,24,25). The molecule has 0 unspecified atom stereocenters. The molecule has 0 radical (unpaired) electrons. The zero-order valence-corrected chi connectivity index (χ0v) is 13.6. The zero-order chi connectivity index (χ0) is 19.2. The third kappa shape index (κ3) is 3.61. The van der Waals surface area contributed by atoms with E-state index in [1.807, 2.05) is 0 Å². The summed E-state index contributed by atoms with van der Waals surface area (Å²) in [4.78, 5) is 12.4. The lowest BCUT2D eigenvalue weighted by molar-refractivity contribution is -0.274. The van der Waals surface area contributed by atoms with Crippen LogP contribution in [0.1, 0.15) is 48.9 Å². The van der Waals surface area contributed by atoms with Gasteiger partial charge in [0.15, 0.2) is 0 Å². The number of amides is 1. The van der Waals surface area contributed by atoms with Crippen molar-refractivity contribution in [2.75, 3.05) is 0 Å². The number of rotatable bonds is 3. The highest BCUT2D eigenvalue weighted by atomic mass is 19.4. The average Bonchev–Trinajstić information content (AvgIpc) is 2.54. The lowest BCUT2D eigenvalue weighted by Crippen LogP contribution is -2.59. The van der Waals surface area contributed by atoms with Crippen LogP contribution in [0.4, 0.5) is 26.3 Å². The molecule has 0 saturated heterocycles. The minimum atomic E-state index is -4.82. The molecule has 1 aromatic rings. The molecule has 3 aliphatic carbocycles. The van der Waals surface area contributed by atoms with Gasteiger partial charge in [0.2, 0.25) is 0 Å². The SMILES string of the molecule is O=C(NC12CCC(C(F)(F)F)(CC1)CC2)c1ccc(OC(F)(F)F)cc1. The van der Waals surface area contributed by atoms with E-state index >= 15 is 0 Å². The number of hydrogen-bond acceptors (Lipinski definition) is 2. The normalized spacial score (nSPS) is 28.7. The van der Waals surface area contributed by atoms with Crippen molar-refractivity contribution in [3.05, 3.63) is 29.8 Å². The van der Waals surface area contributed by atoms with E-state index < -0.39 is 35.1 Å². The summed E-state index contributed by atoms with van der Waals surface area (Å²) in [6.45, 7) is 0. The molecule has 3 nitrogen and oxygen atoms in total. The van der Waals surface area contributed by atoms with E-state index in [2.05, 4.69) is 10.1 Å². The molecule has 2 bridgehead atoms. The van der Waals surface area contributed by atoms with Crippen LogP contribution in [0.25, 0.3) is 0 Å². The van der Waals surface area contributed by atoms with E-state index in [1.54, 1.807) is 0 Å². The number of carbonyl (C=O) groups excluding carboxylic acids is 1. The zero-order valence-electron chi connectivity index (χ0n) is 13.6. The molecule has 0 atom stereocenters. The summed E-state index contributed by atoms with van der Waals surface area (Å²) < 4.78 is 79.9. The predicted octanol–water partition coefficient (Wildman–Crippen LogP) is 4.97. The van der Waals surface area contributed by atoms with Gasteiger partial charge in [-0.25, -0.2) is 0 Å². The van der Waals surface area contributed by atoms with Crippen LogP contribution in [-0.4, -0.2) is 24.0 Å². The van der Waals surface area contributed by atoms with Gasteiger partial charge < -0.3 is 10.1 Å². The summed E-state index contributed by atoms with van der Waals surface area (Å²) in [7, 11) is 0. The highest BCUT2D eigenvalue weighted by Gasteiger charge is 2.61. The molecule has 3 fully saturated rings. The molecule has 3 saturated carbocycles. The molecule has 0 aliphatic heterocycles. The van der Waals surface area contributed by atoms with Crippen molar-refractivity contribution in [1.82, 2.24) is 5.32 Å². The fourth-order valence-corrected chi connectivity index (χ4v) is 3.92. The van der Waals surface area contributed by atoms with E-state index in [-0.39, 0.29) is 44.1 Å². The third-order valence-corrected chi connectivity index (χ3v) is 5.58. The summed E-state index contributed by atoms with van der Waals surface area (Å²) in [6, 6.07) is 4.43. The van der Waals surface area contributed by atoms with Gasteiger partial charge in [-0.2, -0.15) is 13.2 Å². The van der Waals surface area contributed by atoms with Crippen LogP contribution in [0.15, 0.2) is 24.3 Å². The maximum Gasteiger partial charge on any atom is 0.573 e. The van der Waals surface area contributed by atoms with Crippen molar-refractivity contribution in [3.8, 4) is 5.75 Å². The summed E-state index contributed by atoms with van der Waals surface area (Å²) in [5.41, 5.74) is -2.19. The Morgan fingerprint density at radius 1 is 0.885 bits per heavy atom. The number of halogens is 6. The minimum absolute atomic E-state index is 0.0187. The molecule has 9 heteroatoms. The number of ether oxygens (including phenoxy) is 1. The van der Waals surface area contributed by atoms with Gasteiger partial charge in [0.05, 0.1) is 5.41 Å². The smallest absolute Gasteiger partial charge is 0.406 e. The number of alkyl halides is 6. The van der Waals surface area contributed by atoms with Gasteiger partial charge >= 0.3 is 12.5 Å². The Morgan fingerprint density at radius 3 is 1.81 bits per heavy atom. The van der Waals surface area contributed by atoms with Crippen LogP contribution >= 0.6 is 0 Å². The van der Waals surface area contributed by atoms with E-state index in [9.17, 15) is 31.1 Å². The van der Waals surface area contributed by atoms with Crippen molar-refractivity contribution in [3.63, 3.8) is 0 Å². The molecule has 26 heavy (non-hydrogen) atoms. The van der Waals surface area contributed by atoms with E-state index in [4.69, 9.17) is 0 Å². The molecule has 1 amide bonds. The van der Waals surface area contributed by atoms with Gasteiger partial charge in [-0.3, -0.25) is 4.79 Å². The van der Waals surface area contributed by atoms with E-state index in [0.29, 0.717) is 0 Å². The van der Waals surface area contributed by atoms with Gasteiger partial charge in [-0.15, -0.1) is 13.2 Å². The Hall–Kier alpha value is -1.93. The minimum Gasteiger partial charge on any atom is -0.406 e. The van der Waals surface area contributed by atoms with Crippen LogP contribution in [-0.2, 0) is 0 Å². The number of carbonyl (C=O) groups is 1. The molecule has 0 aromatic heterocycles. The Balaban J connectivity index is 1.64. The van der Waals surface area contributed by atoms with Crippen molar-refractivity contribution < 1.29 is 35.9 Å². The first-order valence-corrected chi connectivity index (χ1v) is 8.19. The van der Waals surface area contributed by atoms with Gasteiger partial charge in [0.25, 0.3) is 5.91 Å². The first-order chi connectivity index (χ1) is 11.9. The molecule has 144 valence electrons. The maximum atomic E-state index is 13.2. The second kappa shape index (κ2) is 6.06. The number of hydrogen-bond donors (Lipinski definition) is 1. The quantitative estimate of drug-likeness (QED) is 0.751. The average molecular weight is 381 g/mol. The highest BCUT2D eigenvalue weighted by Crippen LogP contribution is 2.59. The van der Waals surface area contributed by atoms with E-state index in [1.165, 1.54) is 12.1 Å². The van der Waals surface area contributed by atoms with Crippen LogP contribution < -0.4 is 10.1 Å². The first-order valence-electron chi connectivity index (χ1n) is 8.19. The lowest BCUT2D eigenvalue weighted by atomic mass is 9.57.